The minimum atomic E-state index is -0.451. The summed E-state index contributed by atoms with van der Waals surface area (Å²) in [5.41, 5.74) is 1.53. The lowest BCUT2D eigenvalue weighted by Gasteiger charge is -2.23. The Morgan fingerprint density at radius 1 is 1.32 bits per heavy atom. The van der Waals surface area contributed by atoms with E-state index in [1.807, 2.05) is 25.1 Å². The Labute approximate surface area is 183 Å². The van der Waals surface area contributed by atoms with Crippen LogP contribution in [0.2, 0.25) is 0 Å². The van der Waals surface area contributed by atoms with E-state index in [-0.39, 0.29) is 24.1 Å². The number of amides is 1. The predicted octanol–water partition coefficient (Wildman–Crippen LogP) is 4.36. The minimum absolute atomic E-state index is 0.00341. The summed E-state index contributed by atoms with van der Waals surface area (Å²) >= 11 is 1.44. The fourth-order valence-electron chi connectivity index (χ4n) is 3.55. The van der Waals surface area contributed by atoms with Gasteiger partial charge in [-0.2, -0.15) is 0 Å². The number of hydrogen-bond donors (Lipinski definition) is 0. The van der Waals surface area contributed by atoms with Crippen molar-refractivity contribution in [3.8, 4) is 5.75 Å². The van der Waals surface area contributed by atoms with Gasteiger partial charge in [0.2, 0.25) is 5.91 Å². The molecule has 0 spiro atoms. The van der Waals surface area contributed by atoms with Gasteiger partial charge in [-0.25, -0.2) is 4.98 Å². The second-order valence-corrected chi connectivity index (χ2v) is 8.31. The number of nitro benzene ring substituents is 1. The highest BCUT2D eigenvalue weighted by molar-refractivity contribution is 7.22. The van der Waals surface area contributed by atoms with E-state index in [1.165, 1.54) is 23.5 Å². The summed E-state index contributed by atoms with van der Waals surface area (Å²) in [5.74, 6) is 0.654. The van der Waals surface area contributed by atoms with Gasteiger partial charge in [0.1, 0.15) is 5.75 Å². The number of fused-ring (bicyclic) bond motifs is 1. The van der Waals surface area contributed by atoms with Gasteiger partial charge in [-0.1, -0.05) is 23.5 Å². The summed E-state index contributed by atoms with van der Waals surface area (Å²) in [6, 6.07) is 11.8. The Balaban J connectivity index is 1.59. The van der Waals surface area contributed by atoms with Crippen LogP contribution in [0.5, 0.6) is 5.75 Å². The first-order chi connectivity index (χ1) is 15.0. The molecule has 1 unspecified atom stereocenters. The van der Waals surface area contributed by atoms with Gasteiger partial charge in [0, 0.05) is 18.7 Å². The number of rotatable bonds is 8. The smallest absolute Gasteiger partial charge is 0.269 e. The molecule has 9 heteroatoms. The van der Waals surface area contributed by atoms with E-state index in [4.69, 9.17) is 9.47 Å². The molecule has 1 aromatic heterocycles. The Kier molecular flexibility index (Phi) is 6.43. The highest BCUT2D eigenvalue weighted by Crippen LogP contribution is 2.32. The molecule has 8 nitrogen and oxygen atoms in total. The molecule has 0 N–H and O–H groups in total. The molecular weight excluding hydrogens is 418 g/mol. The number of nitro groups is 1. The third kappa shape index (κ3) is 5.00. The normalized spacial score (nSPS) is 15.8. The molecule has 1 saturated heterocycles. The van der Waals surface area contributed by atoms with E-state index in [9.17, 15) is 14.9 Å². The minimum Gasteiger partial charge on any atom is -0.494 e. The Morgan fingerprint density at radius 3 is 2.81 bits per heavy atom. The largest absolute Gasteiger partial charge is 0.494 e. The van der Waals surface area contributed by atoms with Gasteiger partial charge >= 0.3 is 0 Å². The Hall–Kier alpha value is -3.04. The molecule has 0 saturated carbocycles. The molecule has 1 atom stereocenters. The van der Waals surface area contributed by atoms with Crippen molar-refractivity contribution in [1.82, 2.24) is 4.98 Å². The maximum atomic E-state index is 13.2. The SMILES string of the molecule is CCOc1ccc2nc(N(CC3CCCO3)C(=O)Cc3ccc([N+](=O)[O-])cc3)sc2c1. The summed E-state index contributed by atoms with van der Waals surface area (Å²) < 4.78 is 12.3. The van der Waals surface area contributed by atoms with Crippen LogP contribution >= 0.6 is 11.3 Å². The van der Waals surface area contributed by atoms with Gasteiger partial charge in [0.25, 0.3) is 5.69 Å². The molecule has 1 fully saturated rings. The maximum Gasteiger partial charge on any atom is 0.269 e. The second kappa shape index (κ2) is 9.40. The van der Waals surface area contributed by atoms with Gasteiger partial charge in [0.15, 0.2) is 5.13 Å². The molecule has 1 aliphatic heterocycles. The Bertz CT molecular complexity index is 1080. The van der Waals surface area contributed by atoms with Gasteiger partial charge in [-0.15, -0.1) is 0 Å². The van der Waals surface area contributed by atoms with Crippen LogP contribution in [0.3, 0.4) is 0 Å². The zero-order valence-electron chi connectivity index (χ0n) is 17.2. The molecule has 0 bridgehead atoms. The number of ether oxygens (including phenoxy) is 2. The highest BCUT2D eigenvalue weighted by atomic mass is 32.1. The highest BCUT2D eigenvalue weighted by Gasteiger charge is 2.26. The second-order valence-electron chi connectivity index (χ2n) is 7.30. The molecule has 1 aliphatic rings. The van der Waals surface area contributed by atoms with E-state index in [0.29, 0.717) is 30.5 Å². The van der Waals surface area contributed by atoms with Crippen LogP contribution in [0.4, 0.5) is 10.8 Å². The van der Waals surface area contributed by atoms with E-state index >= 15 is 0 Å². The van der Waals surface area contributed by atoms with Crippen molar-refractivity contribution < 1.29 is 19.2 Å². The molecule has 3 aromatic rings. The number of hydrogen-bond acceptors (Lipinski definition) is 7. The van der Waals surface area contributed by atoms with Gasteiger partial charge < -0.3 is 9.47 Å². The first kappa shape index (κ1) is 21.2. The summed E-state index contributed by atoms with van der Waals surface area (Å²) in [5, 5.41) is 11.5. The molecule has 2 aromatic carbocycles. The topological polar surface area (TPSA) is 94.8 Å². The fraction of sp³-hybridized carbons (Fsp3) is 0.364. The van der Waals surface area contributed by atoms with Crippen molar-refractivity contribution in [2.75, 3.05) is 24.7 Å². The predicted molar refractivity (Wildman–Crippen MR) is 119 cm³/mol. The first-order valence-electron chi connectivity index (χ1n) is 10.2. The number of benzene rings is 2. The van der Waals surface area contributed by atoms with Crippen molar-refractivity contribution in [3.63, 3.8) is 0 Å². The Morgan fingerprint density at radius 2 is 2.13 bits per heavy atom. The van der Waals surface area contributed by atoms with Crippen LogP contribution in [0.1, 0.15) is 25.3 Å². The van der Waals surface area contributed by atoms with Crippen molar-refractivity contribution in [1.29, 1.82) is 0 Å². The van der Waals surface area contributed by atoms with E-state index in [1.54, 1.807) is 17.0 Å². The number of aromatic nitrogens is 1. The fourth-order valence-corrected chi connectivity index (χ4v) is 4.57. The quantitative estimate of drug-likeness (QED) is 0.381. The molecule has 2 heterocycles. The van der Waals surface area contributed by atoms with Crippen LogP contribution in [0.25, 0.3) is 10.2 Å². The number of carbonyl (C=O) groups is 1. The molecule has 162 valence electrons. The van der Waals surface area contributed by atoms with Crippen LogP contribution < -0.4 is 9.64 Å². The summed E-state index contributed by atoms with van der Waals surface area (Å²) in [6.45, 7) is 3.65. The number of nitrogens with zero attached hydrogens (tertiary/aromatic N) is 3. The van der Waals surface area contributed by atoms with Crippen molar-refractivity contribution in [3.05, 3.63) is 58.1 Å². The number of anilines is 1. The molecule has 31 heavy (non-hydrogen) atoms. The van der Waals surface area contributed by atoms with Gasteiger partial charge in [0.05, 0.1) is 40.8 Å². The number of non-ortho nitro benzene ring substituents is 1. The standard InChI is InChI=1S/C22H23N3O5S/c1-2-29-17-9-10-19-20(13-17)31-22(23-19)24(14-18-4-3-11-30-18)21(26)12-15-5-7-16(8-6-15)25(27)28/h5-10,13,18H,2-4,11-12,14H2,1H3. The van der Waals surface area contributed by atoms with Crippen LogP contribution in [-0.2, 0) is 16.0 Å². The zero-order chi connectivity index (χ0) is 21.8. The number of carbonyl (C=O) groups excluding carboxylic acids is 1. The van der Waals surface area contributed by atoms with Crippen molar-refractivity contribution in [2.45, 2.75) is 32.3 Å². The summed E-state index contributed by atoms with van der Waals surface area (Å²) in [7, 11) is 0. The first-order valence-corrected chi connectivity index (χ1v) is 11.0. The number of thiazole rings is 1. The lowest BCUT2D eigenvalue weighted by atomic mass is 10.1. The van der Waals surface area contributed by atoms with E-state index in [2.05, 4.69) is 4.98 Å². The van der Waals surface area contributed by atoms with Crippen LogP contribution in [0, 0.1) is 10.1 Å². The monoisotopic (exact) mass is 441 g/mol. The average Bonchev–Trinajstić information content (AvgIpc) is 3.41. The lowest BCUT2D eigenvalue weighted by molar-refractivity contribution is -0.384. The third-order valence-corrected chi connectivity index (χ3v) is 6.15. The zero-order valence-corrected chi connectivity index (χ0v) is 18.0. The molecule has 1 amide bonds. The van der Waals surface area contributed by atoms with Crippen molar-refractivity contribution in [2.24, 2.45) is 0 Å². The molecule has 4 rings (SSSR count). The molecule has 0 aliphatic carbocycles. The molecular formula is C22H23N3O5S. The van der Waals surface area contributed by atoms with Crippen LogP contribution in [-0.4, -0.2) is 41.7 Å². The van der Waals surface area contributed by atoms with Gasteiger partial charge in [-0.3, -0.25) is 19.8 Å². The van der Waals surface area contributed by atoms with Crippen molar-refractivity contribution >= 4 is 38.3 Å². The summed E-state index contributed by atoms with van der Waals surface area (Å²) in [6.07, 6.45) is 1.99. The average molecular weight is 442 g/mol. The summed E-state index contributed by atoms with van der Waals surface area (Å²) in [4.78, 5) is 30.0. The van der Waals surface area contributed by atoms with Crippen LogP contribution in [0.15, 0.2) is 42.5 Å². The van der Waals surface area contributed by atoms with E-state index in [0.717, 1.165) is 28.8 Å². The molecule has 0 radical (unpaired) electrons. The van der Waals surface area contributed by atoms with E-state index < -0.39 is 4.92 Å². The third-order valence-electron chi connectivity index (χ3n) is 5.10. The lowest BCUT2D eigenvalue weighted by Crippen LogP contribution is -2.38. The van der Waals surface area contributed by atoms with Gasteiger partial charge in [-0.05, 0) is 43.5 Å². The maximum absolute atomic E-state index is 13.2.